The summed E-state index contributed by atoms with van der Waals surface area (Å²) in [6.07, 6.45) is 3.12. The molecule has 0 radical (unpaired) electrons. The molecule has 1 unspecified atom stereocenters. The molecule has 2 heterocycles. The zero-order valence-corrected chi connectivity index (χ0v) is 12.1. The van der Waals surface area contributed by atoms with E-state index in [9.17, 15) is 0 Å². The van der Waals surface area contributed by atoms with Gasteiger partial charge in [0.1, 0.15) is 0 Å². The summed E-state index contributed by atoms with van der Waals surface area (Å²) in [4.78, 5) is 7.13. The highest BCUT2D eigenvalue weighted by Crippen LogP contribution is 2.28. The average molecular weight is 260 g/mol. The molecule has 0 aliphatic heterocycles. The number of nitrogens with zero attached hydrogens (tertiary/aromatic N) is 1. The summed E-state index contributed by atoms with van der Waals surface area (Å²) in [6, 6.07) is 8.92. The van der Waals surface area contributed by atoms with Crippen LogP contribution in [0, 0.1) is 13.8 Å². The molecule has 18 heavy (non-hydrogen) atoms. The van der Waals surface area contributed by atoms with Crippen molar-refractivity contribution in [3.05, 3.63) is 51.5 Å². The maximum Gasteiger partial charge on any atom is 0.0686 e. The zero-order chi connectivity index (χ0) is 13.0. The van der Waals surface area contributed by atoms with Gasteiger partial charge in [-0.05, 0) is 50.6 Å². The normalized spacial score (nSPS) is 12.6. The van der Waals surface area contributed by atoms with Crippen molar-refractivity contribution in [2.75, 3.05) is 6.54 Å². The lowest BCUT2D eigenvalue weighted by molar-refractivity contribution is 0.604. The Kier molecular flexibility index (Phi) is 4.50. The van der Waals surface area contributed by atoms with Gasteiger partial charge < -0.3 is 5.32 Å². The van der Waals surface area contributed by atoms with Gasteiger partial charge in [-0.3, -0.25) is 4.98 Å². The minimum Gasteiger partial charge on any atom is -0.306 e. The number of thiophene rings is 1. The van der Waals surface area contributed by atoms with E-state index < -0.39 is 0 Å². The highest BCUT2D eigenvalue weighted by Gasteiger charge is 2.15. The van der Waals surface area contributed by atoms with Crippen LogP contribution in [0.3, 0.4) is 0 Å². The van der Waals surface area contributed by atoms with Gasteiger partial charge in [0.25, 0.3) is 0 Å². The molecule has 1 atom stereocenters. The van der Waals surface area contributed by atoms with E-state index >= 15 is 0 Å². The van der Waals surface area contributed by atoms with E-state index in [1.54, 1.807) is 0 Å². The second-order valence-corrected chi connectivity index (χ2v) is 5.89. The third kappa shape index (κ3) is 3.18. The molecular weight excluding hydrogens is 240 g/mol. The number of hydrogen-bond donors (Lipinski definition) is 1. The monoisotopic (exact) mass is 260 g/mol. The molecule has 0 spiro atoms. The lowest BCUT2D eigenvalue weighted by Crippen LogP contribution is -2.22. The molecular formula is C15H20N2S. The summed E-state index contributed by atoms with van der Waals surface area (Å²) in [7, 11) is 0. The first-order valence-electron chi connectivity index (χ1n) is 6.43. The van der Waals surface area contributed by atoms with Crippen molar-refractivity contribution >= 4 is 11.3 Å². The first-order valence-corrected chi connectivity index (χ1v) is 7.24. The van der Waals surface area contributed by atoms with Crippen molar-refractivity contribution in [1.29, 1.82) is 0 Å². The minimum absolute atomic E-state index is 0.275. The van der Waals surface area contributed by atoms with Crippen LogP contribution in [0.4, 0.5) is 0 Å². The van der Waals surface area contributed by atoms with Crippen LogP contribution in [0.2, 0.25) is 0 Å². The van der Waals surface area contributed by atoms with Crippen LogP contribution in [-0.2, 0) is 0 Å². The molecule has 0 fully saturated rings. The highest BCUT2D eigenvalue weighted by molar-refractivity contribution is 7.12. The number of aromatic nitrogens is 1. The van der Waals surface area contributed by atoms with Crippen LogP contribution in [0.1, 0.15) is 40.4 Å². The lowest BCUT2D eigenvalue weighted by atomic mass is 10.1. The first-order chi connectivity index (χ1) is 8.70. The fourth-order valence-corrected chi connectivity index (χ4v) is 2.91. The van der Waals surface area contributed by atoms with Gasteiger partial charge in [-0.25, -0.2) is 0 Å². The highest BCUT2D eigenvalue weighted by atomic mass is 32.1. The quantitative estimate of drug-likeness (QED) is 0.883. The van der Waals surface area contributed by atoms with Crippen LogP contribution in [0.5, 0.6) is 0 Å². The molecule has 2 rings (SSSR count). The van der Waals surface area contributed by atoms with Crippen molar-refractivity contribution in [2.45, 2.75) is 33.2 Å². The number of aryl methyl sites for hydroxylation is 2. The third-order valence-electron chi connectivity index (χ3n) is 2.91. The van der Waals surface area contributed by atoms with Crippen LogP contribution in [0.25, 0.3) is 0 Å². The second-order valence-electron chi connectivity index (χ2n) is 4.57. The van der Waals surface area contributed by atoms with E-state index in [0.717, 1.165) is 18.7 Å². The summed E-state index contributed by atoms with van der Waals surface area (Å²) in [5.41, 5.74) is 2.31. The molecule has 0 amide bonds. The second kappa shape index (κ2) is 6.12. The molecule has 1 N–H and O–H groups in total. The fourth-order valence-electron chi connectivity index (χ4n) is 1.93. The molecule has 0 aliphatic carbocycles. The largest absolute Gasteiger partial charge is 0.306 e. The van der Waals surface area contributed by atoms with Gasteiger partial charge in [0, 0.05) is 21.6 Å². The molecule has 2 aromatic rings. The maximum atomic E-state index is 4.41. The molecule has 2 aromatic heterocycles. The van der Waals surface area contributed by atoms with Gasteiger partial charge in [-0.2, -0.15) is 0 Å². The van der Waals surface area contributed by atoms with E-state index in [2.05, 4.69) is 48.4 Å². The Morgan fingerprint density at radius 2 is 2.06 bits per heavy atom. The SMILES string of the molecule is CCCNC(c1ccc(C)nc1)c1ccc(C)s1. The van der Waals surface area contributed by atoms with Gasteiger partial charge >= 0.3 is 0 Å². The standard InChI is InChI=1S/C15H20N2S/c1-4-9-16-15(14-8-6-12(3)18-14)13-7-5-11(2)17-10-13/h5-8,10,15-16H,4,9H2,1-3H3. The van der Waals surface area contributed by atoms with Gasteiger partial charge in [0.05, 0.1) is 6.04 Å². The Morgan fingerprint density at radius 3 is 2.61 bits per heavy atom. The summed E-state index contributed by atoms with van der Waals surface area (Å²) < 4.78 is 0. The zero-order valence-electron chi connectivity index (χ0n) is 11.2. The Labute approximate surface area is 113 Å². The Hall–Kier alpha value is -1.19. The number of rotatable bonds is 5. The number of pyridine rings is 1. The fraction of sp³-hybridized carbons (Fsp3) is 0.400. The molecule has 0 aromatic carbocycles. The molecule has 0 saturated heterocycles. The van der Waals surface area contributed by atoms with Gasteiger partial charge in [0.15, 0.2) is 0 Å². The predicted molar refractivity (Wildman–Crippen MR) is 78.2 cm³/mol. The number of nitrogens with one attached hydrogen (secondary N) is 1. The molecule has 2 nitrogen and oxygen atoms in total. The maximum absolute atomic E-state index is 4.41. The smallest absolute Gasteiger partial charge is 0.0686 e. The van der Waals surface area contributed by atoms with E-state index in [0.29, 0.717) is 0 Å². The van der Waals surface area contributed by atoms with Gasteiger partial charge in [0.2, 0.25) is 0 Å². The molecule has 0 bridgehead atoms. The lowest BCUT2D eigenvalue weighted by Gasteiger charge is -2.17. The van der Waals surface area contributed by atoms with Crippen molar-refractivity contribution in [2.24, 2.45) is 0 Å². The summed E-state index contributed by atoms with van der Waals surface area (Å²) >= 11 is 1.86. The molecule has 0 aliphatic rings. The Balaban J connectivity index is 2.27. The van der Waals surface area contributed by atoms with Crippen molar-refractivity contribution in [3.8, 4) is 0 Å². The third-order valence-corrected chi connectivity index (χ3v) is 3.98. The van der Waals surface area contributed by atoms with Crippen molar-refractivity contribution < 1.29 is 0 Å². The average Bonchev–Trinajstić information content (AvgIpc) is 2.78. The van der Waals surface area contributed by atoms with Crippen LogP contribution in [0.15, 0.2) is 30.5 Å². The molecule has 3 heteroatoms. The molecule has 96 valence electrons. The van der Waals surface area contributed by atoms with E-state index in [4.69, 9.17) is 0 Å². The predicted octanol–water partition coefficient (Wildman–Crippen LogP) is 3.85. The van der Waals surface area contributed by atoms with E-state index in [1.807, 2.05) is 24.5 Å². The summed E-state index contributed by atoms with van der Waals surface area (Å²) in [5.74, 6) is 0. The van der Waals surface area contributed by atoms with Crippen molar-refractivity contribution in [3.63, 3.8) is 0 Å². The molecule has 0 saturated carbocycles. The minimum atomic E-state index is 0.275. The van der Waals surface area contributed by atoms with Crippen molar-refractivity contribution in [1.82, 2.24) is 10.3 Å². The summed E-state index contributed by atoms with van der Waals surface area (Å²) in [6.45, 7) is 7.39. The number of hydrogen-bond acceptors (Lipinski definition) is 3. The Morgan fingerprint density at radius 1 is 1.22 bits per heavy atom. The summed E-state index contributed by atoms with van der Waals surface area (Å²) in [5, 5.41) is 3.61. The van der Waals surface area contributed by atoms with E-state index in [1.165, 1.54) is 15.3 Å². The van der Waals surface area contributed by atoms with Gasteiger partial charge in [-0.1, -0.05) is 13.0 Å². The Bertz CT molecular complexity index is 487. The topological polar surface area (TPSA) is 24.9 Å². The van der Waals surface area contributed by atoms with E-state index in [-0.39, 0.29) is 6.04 Å². The van der Waals surface area contributed by atoms with Crippen LogP contribution < -0.4 is 5.32 Å². The van der Waals surface area contributed by atoms with Crippen LogP contribution >= 0.6 is 11.3 Å². The van der Waals surface area contributed by atoms with Crippen LogP contribution in [-0.4, -0.2) is 11.5 Å². The first kappa shape index (κ1) is 13.2. The van der Waals surface area contributed by atoms with Gasteiger partial charge in [-0.15, -0.1) is 11.3 Å².